The molecule has 0 saturated carbocycles. The number of benzene rings is 1. The predicted molar refractivity (Wildman–Crippen MR) is 88.8 cm³/mol. The van der Waals surface area contributed by atoms with Gasteiger partial charge in [-0.15, -0.1) is 0 Å². The summed E-state index contributed by atoms with van der Waals surface area (Å²) in [5.41, 5.74) is 0.359. The SMILES string of the molecule is CC(OC(=O)CN=C1NS(=O)(=O)c2ccccc21)C(=O)N1CCNC1=O. The van der Waals surface area contributed by atoms with Crippen LogP contribution in [-0.4, -0.2) is 62.8 Å². The van der Waals surface area contributed by atoms with Gasteiger partial charge < -0.3 is 10.1 Å². The molecular weight excluding hydrogens is 364 g/mol. The minimum absolute atomic E-state index is 0.0375. The fourth-order valence-corrected chi connectivity index (χ4v) is 3.83. The molecule has 26 heavy (non-hydrogen) atoms. The van der Waals surface area contributed by atoms with Gasteiger partial charge in [-0.3, -0.25) is 24.2 Å². The van der Waals surface area contributed by atoms with Crippen molar-refractivity contribution in [1.82, 2.24) is 14.9 Å². The molecule has 1 unspecified atom stereocenters. The minimum Gasteiger partial charge on any atom is -0.451 e. The molecule has 0 radical (unpaired) electrons. The number of aliphatic imine (C=N–C) groups is 1. The standard InChI is InChI=1S/C15H16N4O6S/c1-9(14(21)19-7-6-16-15(19)22)25-12(20)8-17-13-10-4-2-3-5-11(10)26(23,24)18-13/h2-5,9H,6-8H2,1H3,(H,16,22)(H,17,18). The van der Waals surface area contributed by atoms with E-state index in [1.54, 1.807) is 18.2 Å². The van der Waals surface area contributed by atoms with Gasteiger partial charge in [-0.25, -0.2) is 13.2 Å². The number of nitrogens with zero attached hydrogens (tertiary/aromatic N) is 2. The fraction of sp³-hybridized carbons (Fsp3) is 0.333. The van der Waals surface area contributed by atoms with Gasteiger partial charge in [-0.05, 0) is 19.1 Å². The highest BCUT2D eigenvalue weighted by molar-refractivity contribution is 7.90. The molecule has 1 atom stereocenters. The van der Waals surface area contributed by atoms with Gasteiger partial charge in [0, 0.05) is 18.7 Å². The molecule has 3 rings (SSSR count). The molecule has 2 aliphatic rings. The molecule has 138 valence electrons. The molecule has 0 aliphatic carbocycles. The first-order chi connectivity index (χ1) is 12.3. The van der Waals surface area contributed by atoms with Crippen molar-refractivity contribution in [2.75, 3.05) is 19.6 Å². The van der Waals surface area contributed by atoms with Crippen molar-refractivity contribution in [3.8, 4) is 0 Å². The molecule has 1 saturated heterocycles. The normalized spacial score (nSPS) is 20.3. The second-order valence-corrected chi connectivity index (χ2v) is 7.27. The van der Waals surface area contributed by atoms with E-state index in [0.29, 0.717) is 12.1 Å². The number of amidine groups is 1. The lowest BCUT2D eigenvalue weighted by atomic mass is 10.2. The van der Waals surface area contributed by atoms with Crippen LogP contribution < -0.4 is 10.0 Å². The first-order valence-electron chi connectivity index (χ1n) is 7.75. The summed E-state index contributed by atoms with van der Waals surface area (Å²) in [4.78, 5) is 40.4. The summed E-state index contributed by atoms with van der Waals surface area (Å²) in [5, 5.41) is 2.48. The third-order valence-corrected chi connectivity index (χ3v) is 5.20. The quantitative estimate of drug-likeness (QED) is 0.658. The smallest absolute Gasteiger partial charge is 0.328 e. The highest BCUT2D eigenvalue weighted by Crippen LogP contribution is 2.22. The summed E-state index contributed by atoms with van der Waals surface area (Å²) < 4.78 is 31.2. The van der Waals surface area contributed by atoms with Crippen molar-refractivity contribution in [3.63, 3.8) is 0 Å². The maximum atomic E-state index is 12.1. The van der Waals surface area contributed by atoms with Crippen molar-refractivity contribution >= 4 is 33.8 Å². The minimum atomic E-state index is -3.69. The molecule has 1 fully saturated rings. The van der Waals surface area contributed by atoms with Gasteiger partial charge in [0.15, 0.2) is 6.10 Å². The molecule has 2 heterocycles. The summed E-state index contributed by atoms with van der Waals surface area (Å²) >= 11 is 0. The lowest BCUT2D eigenvalue weighted by Gasteiger charge is -2.17. The lowest BCUT2D eigenvalue weighted by molar-refractivity contribution is -0.156. The molecule has 2 aliphatic heterocycles. The molecule has 0 aromatic heterocycles. The average molecular weight is 380 g/mol. The Balaban J connectivity index is 1.63. The second kappa shape index (κ2) is 6.75. The van der Waals surface area contributed by atoms with Crippen LogP contribution in [0.15, 0.2) is 34.2 Å². The van der Waals surface area contributed by atoms with E-state index in [-0.39, 0.29) is 17.3 Å². The van der Waals surface area contributed by atoms with Gasteiger partial charge in [0.25, 0.3) is 15.9 Å². The van der Waals surface area contributed by atoms with Crippen LogP contribution in [0, 0.1) is 0 Å². The molecule has 0 spiro atoms. The van der Waals surface area contributed by atoms with Gasteiger partial charge in [0.1, 0.15) is 12.4 Å². The van der Waals surface area contributed by atoms with Crippen LogP contribution in [0.5, 0.6) is 0 Å². The van der Waals surface area contributed by atoms with Gasteiger partial charge in [-0.2, -0.15) is 0 Å². The Kier molecular flexibility index (Phi) is 4.64. The molecule has 11 heteroatoms. The summed E-state index contributed by atoms with van der Waals surface area (Å²) in [6.07, 6.45) is -1.15. The number of hydrogen-bond acceptors (Lipinski definition) is 7. The summed E-state index contributed by atoms with van der Waals surface area (Å²) in [7, 11) is -3.69. The Morgan fingerprint density at radius 3 is 2.77 bits per heavy atom. The number of rotatable bonds is 4. The van der Waals surface area contributed by atoms with Crippen LogP contribution in [0.2, 0.25) is 0 Å². The highest BCUT2D eigenvalue weighted by atomic mass is 32.2. The van der Waals surface area contributed by atoms with Crippen LogP contribution in [0.25, 0.3) is 0 Å². The van der Waals surface area contributed by atoms with E-state index in [2.05, 4.69) is 15.0 Å². The van der Waals surface area contributed by atoms with Crippen LogP contribution in [0.3, 0.4) is 0 Å². The number of esters is 1. The van der Waals surface area contributed by atoms with Crippen molar-refractivity contribution < 1.29 is 27.5 Å². The molecule has 3 amide bonds. The number of ether oxygens (including phenoxy) is 1. The van der Waals surface area contributed by atoms with Crippen molar-refractivity contribution in [2.45, 2.75) is 17.9 Å². The Morgan fingerprint density at radius 2 is 2.08 bits per heavy atom. The van der Waals surface area contributed by atoms with Gasteiger partial charge >= 0.3 is 12.0 Å². The number of amides is 3. The van der Waals surface area contributed by atoms with E-state index >= 15 is 0 Å². The molecule has 1 aromatic rings. The number of urea groups is 1. The van der Waals surface area contributed by atoms with Gasteiger partial charge in [0.2, 0.25) is 0 Å². The first kappa shape index (κ1) is 17.9. The summed E-state index contributed by atoms with van der Waals surface area (Å²) in [5.74, 6) is -1.41. The predicted octanol–water partition coefficient (Wildman–Crippen LogP) is -0.791. The molecule has 1 aromatic carbocycles. The van der Waals surface area contributed by atoms with E-state index in [0.717, 1.165) is 4.90 Å². The summed E-state index contributed by atoms with van der Waals surface area (Å²) in [6.45, 7) is 1.43. The summed E-state index contributed by atoms with van der Waals surface area (Å²) in [6, 6.07) is 5.69. The topological polar surface area (TPSA) is 134 Å². The van der Waals surface area contributed by atoms with Crippen LogP contribution in [0.1, 0.15) is 12.5 Å². The lowest BCUT2D eigenvalue weighted by Crippen LogP contribution is -2.42. The zero-order chi connectivity index (χ0) is 18.9. The monoisotopic (exact) mass is 380 g/mol. The number of fused-ring (bicyclic) bond motifs is 1. The van der Waals surface area contributed by atoms with E-state index in [1.165, 1.54) is 13.0 Å². The van der Waals surface area contributed by atoms with Gasteiger partial charge in [-0.1, -0.05) is 12.1 Å². The van der Waals surface area contributed by atoms with Crippen LogP contribution in [0.4, 0.5) is 4.79 Å². The second-order valence-electron chi connectivity index (χ2n) is 5.62. The molecular formula is C15H16N4O6S. The Hall–Kier alpha value is -2.95. The number of nitrogens with one attached hydrogen (secondary N) is 2. The highest BCUT2D eigenvalue weighted by Gasteiger charge is 2.32. The van der Waals surface area contributed by atoms with Crippen molar-refractivity contribution in [1.29, 1.82) is 0 Å². The maximum absolute atomic E-state index is 12.1. The third-order valence-electron chi connectivity index (χ3n) is 3.81. The van der Waals surface area contributed by atoms with Crippen LogP contribution in [-0.2, 0) is 24.3 Å². The largest absolute Gasteiger partial charge is 0.451 e. The molecule has 2 N–H and O–H groups in total. The number of imide groups is 1. The van der Waals surface area contributed by atoms with E-state index in [4.69, 9.17) is 4.74 Å². The number of carbonyl (C=O) groups is 3. The molecule has 10 nitrogen and oxygen atoms in total. The molecule has 0 bridgehead atoms. The average Bonchev–Trinajstić information content (AvgIpc) is 3.14. The maximum Gasteiger partial charge on any atom is 0.328 e. The third kappa shape index (κ3) is 3.38. The zero-order valence-corrected chi connectivity index (χ0v) is 14.6. The number of hydrogen-bond donors (Lipinski definition) is 2. The first-order valence-corrected chi connectivity index (χ1v) is 9.23. The fourth-order valence-electron chi connectivity index (χ4n) is 2.58. The number of carbonyl (C=O) groups excluding carboxylic acids is 3. The zero-order valence-electron chi connectivity index (χ0n) is 13.8. The Labute approximate surface area is 149 Å². The van der Waals surface area contributed by atoms with Gasteiger partial charge in [0.05, 0.1) is 4.90 Å². The van der Waals surface area contributed by atoms with E-state index < -0.39 is 40.6 Å². The van der Waals surface area contributed by atoms with Crippen molar-refractivity contribution in [2.24, 2.45) is 4.99 Å². The number of sulfonamides is 1. The van der Waals surface area contributed by atoms with E-state index in [9.17, 15) is 22.8 Å². The Morgan fingerprint density at radius 1 is 1.35 bits per heavy atom. The Bertz CT molecular complexity index is 910. The van der Waals surface area contributed by atoms with Crippen LogP contribution >= 0.6 is 0 Å². The van der Waals surface area contributed by atoms with E-state index in [1.807, 2.05) is 0 Å². The van der Waals surface area contributed by atoms with Crippen molar-refractivity contribution in [3.05, 3.63) is 29.8 Å².